The molecule has 0 spiro atoms. The minimum Gasteiger partial charge on any atom is -0.497 e. The fraction of sp³-hybridized carbons (Fsp3) is 0.300. The molecule has 0 unspecified atom stereocenters. The van der Waals surface area contributed by atoms with Gasteiger partial charge in [0.2, 0.25) is 0 Å². The molecular weight excluding hydrogens is 182 g/mol. The van der Waals surface area contributed by atoms with Crippen LogP contribution in [-0.2, 0) is 6.54 Å². The molecule has 2 nitrogen and oxygen atoms in total. The largest absolute Gasteiger partial charge is 0.497 e. The maximum Gasteiger partial charge on any atom is 0.118 e. The monoisotopic (exact) mass is 195 g/mol. The number of hydrogen-bond donors (Lipinski definition) is 1. The average Bonchev–Trinajstić information content (AvgIpc) is 2.15. The lowest BCUT2D eigenvalue weighted by atomic mass is 10.2. The van der Waals surface area contributed by atoms with Gasteiger partial charge in [0, 0.05) is 6.54 Å². The molecule has 0 atom stereocenters. The van der Waals surface area contributed by atoms with Gasteiger partial charge < -0.3 is 10.1 Å². The van der Waals surface area contributed by atoms with E-state index in [9.17, 15) is 0 Å². The molecule has 1 rings (SSSR count). The van der Waals surface area contributed by atoms with Crippen LogP contribution >= 0.6 is 12.2 Å². The zero-order valence-electron chi connectivity index (χ0n) is 7.83. The summed E-state index contributed by atoms with van der Waals surface area (Å²) in [6.07, 6.45) is 0. The van der Waals surface area contributed by atoms with Crippen molar-refractivity contribution in [1.29, 1.82) is 0 Å². The van der Waals surface area contributed by atoms with E-state index in [1.807, 2.05) is 31.2 Å². The van der Waals surface area contributed by atoms with E-state index in [0.29, 0.717) is 0 Å². The second-order valence-corrected chi connectivity index (χ2v) is 3.37. The summed E-state index contributed by atoms with van der Waals surface area (Å²) in [4.78, 5) is 0.816. The van der Waals surface area contributed by atoms with Gasteiger partial charge in [0.15, 0.2) is 0 Å². The standard InChI is InChI=1S/C10H13NOS/c1-8(13)11-7-9-3-5-10(12-2)6-4-9/h3-6H,7H2,1-2H3,(H,11,13). The molecule has 13 heavy (non-hydrogen) atoms. The highest BCUT2D eigenvalue weighted by Gasteiger charge is 1.93. The van der Waals surface area contributed by atoms with Crippen molar-refractivity contribution in [2.24, 2.45) is 0 Å². The molecule has 1 aromatic rings. The van der Waals surface area contributed by atoms with Crippen LogP contribution in [0.4, 0.5) is 0 Å². The number of methoxy groups -OCH3 is 1. The van der Waals surface area contributed by atoms with Crippen molar-refractivity contribution in [2.45, 2.75) is 13.5 Å². The summed E-state index contributed by atoms with van der Waals surface area (Å²) in [7, 11) is 1.66. The van der Waals surface area contributed by atoms with E-state index in [4.69, 9.17) is 17.0 Å². The minimum absolute atomic E-state index is 0.777. The summed E-state index contributed by atoms with van der Waals surface area (Å²) >= 11 is 4.91. The zero-order chi connectivity index (χ0) is 9.68. The van der Waals surface area contributed by atoms with Crippen molar-refractivity contribution in [3.8, 4) is 5.75 Å². The molecule has 0 aromatic heterocycles. The van der Waals surface area contributed by atoms with Crippen LogP contribution in [0.3, 0.4) is 0 Å². The molecule has 3 heteroatoms. The lowest BCUT2D eigenvalue weighted by molar-refractivity contribution is 0.414. The molecule has 0 fully saturated rings. The molecule has 0 aliphatic carbocycles. The van der Waals surface area contributed by atoms with E-state index in [1.54, 1.807) is 7.11 Å². The van der Waals surface area contributed by atoms with Gasteiger partial charge >= 0.3 is 0 Å². The number of thiocarbonyl (C=S) groups is 1. The van der Waals surface area contributed by atoms with Gasteiger partial charge in [-0.25, -0.2) is 0 Å². The first-order valence-corrected chi connectivity index (χ1v) is 4.50. The van der Waals surface area contributed by atoms with Crippen molar-refractivity contribution in [3.63, 3.8) is 0 Å². The molecule has 0 saturated heterocycles. The van der Waals surface area contributed by atoms with E-state index in [-0.39, 0.29) is 0 Å². The number of hydrogen-bond acceptors (Lipinski definition) is 2. The Morgan fingerprint density at radius 2 is 2.00 bits per heavy atom. The van der Waals surface area contributed by atoms with Gasteiger partial charge in [-0.05, 0) is 24.6 Å². The van der Waals surface area contributed by atoms with Gasteiger partial charge in [-0.3, -0.25) is 0 Å². The minimum atomic E-state index is 0.777. The Balaban J connectivity index is 2.54. The highest BCUT2D eigenvalue weighted by atomic mass is 32.1. The second-order valence-electron chi connectivity index (χ2n) is 2.76. The van der Waals surface area contributed by atoms with Gasteiger partial charge in [0.05, 0.1) is 12.1 Å². The Bertz CT molecular complexity index is 281. The van der Waals surface area contributed by atoms with Crippen molar-refractivity contribution in [1.82, 2.24) is 5.32 Å². The highest BCUT2D eigenvalue weighted by Crippen LogP contribution is 2.10. The molecule has 1 aromatic carbocycles. The van der Waals surface area contributed by atoms with Crippen LogP contribution < -0.4 is 10.1 Å². The smallest absolute Gasteiger partial charge is 0.118 e. The van der Waals surface area contributed by atoms with Crippen molar-refractivity contribution < 1.29 is 4.74 Å². The maximum absolute atomic E-state index is 5.05. The van der Waals surface area contributed by atoms with Gasteiger partial charge in [0.1, 0.15) is 5.75 Å². The summed E-state index contributed by atoms with van der Waals surface area (Å²) in [6, 6.07) is 7.92. The number of ether oxygens (including phenoxy) is 1. The average molecular weight is 195 g/mol. The van der Waals surface area contributed by atoms with Gasteiger partial charge in [-0.15, -0.1) is 0 Å². The van der Waals surface area contributed by atoms with E-state index >= 15 is 0 Å². The van der Waals surface area contributed by atoms with Crippen LogP contribution in [0.15, 0.2) is 24.3 Å². The predicted molar refractivity (Wildman–Crippen MR) is 58.1 cm³/mol. The number of rotatable bonds is 3. The summed E-state index contributed by atoms with van der Waals surface area (Å²) in [5.74, 6) is 0.878. The van der Waals surface area contributed by atoms with Crippen LogP contribution in [0.25, 0.3) is 0 Å². The lowest BCUT2D eigenvalue weighted by Crippen LogP contribution is -2.16. The number of benzene rings is 1. The maximum atomic E-state index is 5.05. The third-order valence-electron chi connectivity index (χ3n) is 1.70. The molecule has 1 N–H and O–H groups in total. The Labute approximate surface area is 83.9 Å². The van der Waals surface area contributed by atoms with Crippen LogP contribution in [0.2, 0.25) is 0 Å². The topological polar surface area (TPSA) is 21.3 Å². The molecule has 0 bridgehead atoms. The first-order chi connectivity index (χ1) is 6.22. The summed E-state index contributed by atoms with van der Waals surface area (Å²) in [6.45, 7) is 2.65. The fourth-order valence-corrected chi connectivity index (χ4v) is 1.04. The molecule has 70 valence electrons. The molecule has 0 radical (unpaired) electrons. The van der Waals surface area contributed by atoms with E-state index in [0.717, 1.165) is 17.3 Å². The predicted octanol–water partition coefficient (Wildman–Crippen LogP) is 2.13. The molecule has 0 aliphatic rings. The Morgan fingerprint density at radius 3 is 2.46 bits per heavy atom. The molecule has 0 heterocycles. The summed E-state index contributed by atoms with van der Waals surface area (Å²) in [5.41, 5.74) is 1.20. The molecular formula is C10H13NOS. The van der Waals surface area contributed by atoms with Gasteiger partial charge in [-0.1, -0.05) is 24.4 Å². The molecule has 0 amide bonds. The molecule has 0 aliphatic heterocycles. The number of nitrogens with one attached hydrogen (secondary N) is 1. The third kappa shape index (κ3) is 3.42. The Hall–Kier alpha value is -1.09. The Kier molecular flexibility index (Phi) is 3.71. The van der Waals surface area contributed by atoms with Gasteiger partial charge in [0.25, 0.3) is 0 Å². The summed E-state index contributed by atoms with van der Waals surface area (Å²) < 4.78 is 5.05. The Morgan fingerprint density at radius 1 is 1.38 bits per heavy atom. The zero-order valence-corrected chi connectivity index (χ0v) is 8.65. The van der Waals surface area contributed by atoms with E-state index in [2.05, 4.69) is 5.32 Å². The van der Waals surface area contributed by atoms with Crippen molar-refractivity contribution in [3.05, 3.63) is 29.8 Å². The molecule has 0 saturated carbocycles. The fourth-order valence-electron chi connectivity index (χ4n) is 0.970. The van der Waals surface area contributed by atoms with E-state index in [1.165, 1.54) is 5.56 Å². The van der Waals surface area contributed by atoms with Crippen LogP contribution in [0, 0.1) is 0 Å². The normalized spacial score (nSPS) is 9.38. The first kappa shape index (κ1) is 9.99. The van der Waals surface area contributed by atoms with E-state index < -0.39 is 0 Å². The van der Waals surface area contributed by atoms with Crippen LogP contribution in [-0.4, -0.2) is 12.1 Å². The quantitative estimate of drug-likeness (QED) is 0.747. The summed E-state index contributed by atoms with van der Waals surface area (Å²) in [5, 5.41) is 3.09. The van der Waals surface area contributed by atoms with Crippen molar-refractivity contribution in [2.75, 3.05) is 7.11 Å². The third-order valence-corrected chi connectivity index (χ3v) is 1.84. The lowest BCUT2D eigenvalue weighted by Gasteiger charge is -2.04. The van der Waals surface area contributed by atoms with Crippen molar-refractivity contribution >= 4 is 17.2 Å². The highest BCUT2D eigenvalue weighted by molar-refractivity contribution is 7.80. The van der Waals surface area contributed by atoms with Crippen LogP contribution in [0.5, 0.6) is 5.75 Å². The first-order valence-electron chi connectivity index (χ1n) is 4.09. The SMILES string of the molecule is COc1ccc(CNC(C)=S)cc1. The second kappa shape index (κ2) is 4.82. The van der Waals surface area contributed by atoms with Crippen LogP contribution in [0.1, 0.15) is 12.5 Å². The van der Waals surface area contributed by atoms with Gasteiger partial charge in [-0.2, -0.15) is 0 Å².